The number of phenolic OH excluding ortho intramolecular Hbond substituents is 2. The van der Waals surface area contributed by atoms with Crippen molar-refractivity contribution in [2.75, 3.05) is 13.2 Å². The van der Waals surface area contributed by atoms with Crippen LogP contribution in [0, 0.1) is 0 Å². The van der Waals surface area contributed by atoms with Crippen LogP contribution >= 0.6 is 46.4 Å². The summed E-state index contributed by atoms with van der Waals surface area (Å²) in [5.41, 5.74) is 2.00. The average molecular weight is 825 g/mol. The van der Waals surface area contributed by atoms with E-state index < -0.39 is 36.2 Å². The molecule has 54 heavy (non-hydrogen) atoms. The molecule has 16 heteroatoms. The van der Waals surface area contributed by atoms with Gasteiger partial charge in [-0.3, -0.25) is 9.59 Å². The third kappa shape index (κ3) is 14.5. The fourth-order valence-corrected chi connectivity index (χ4v) is 5.79. The third-order valence-corrected chi connectivity index (χ3v) is 8.24. The van der Waals surface area contributed by atoms with E-state index in [9.17, 15) is 29.4 Å². The van der Waals surface area contributed by atoms with Crippen LogP contribution < -0.4 is 10.6 Å². The van der Waals surface area contributed by atoms with E-state index >= 15 is 0 Å². The number of aromatic hydroxyl groups is 2. The van der Waals surface area contributed by atoms with Crippen molar-refractivity contribution < 1.29 is 48.3 Å². The van der Waals surface area contributed by atoms with Crippen molar-refractivity contribution in [1.82, 2.24) is 10.6 Å². The summed E-state index contributed by atoms with van der Waals surface area (Å²) in [6.07, 6.45) is -1.97. The van der Waals surface area contributed by atoms with Gasteiger partial charge in [-0.1, -0.05) is 107 Å². The van der Waals surface area contributed by atoms with Gasteiger partial charge in [-0.15, -0.1) is 0 Å². The number of esters is 2. The highest BCUT2D eigenvalue weighted by molar-refractivity contribution is 6.36. The van der Waals surface area contributed by atoms with Crippen molar-refractivity contribution in [3.8, 4) is 11.5 Å². The van der Waals surface area contributed by atoms with E-state index in [0.29, 0.717) is 0 Å². The van der Waals surface area contributed by atoms with E-state index in [0.717, 1.165) is 11.1 Å². The second kappa shape index (κ2) is 22.4. The number of carbonyl (C=O) groups is 4. The Labute approximate surface area is 332 Å². The number of phenols is 2. The highest BCUT2D eigenvalue weighted by atomic mass is 35.5. The Balaban J connectivity index is 0.000000290. The average Bonchev–Trinajstić information content (AvgIpc) is 3.13. The molecule has 12 nitrogen and oxygen atoms in total. The fraction of sp³-hybridized carbons (Fsp3) is 0.263. The molecule has 0 heterocycles. The summed E-state index contributed by atoms with van der Waals surface area (Å²) < 4.78 is 20.2. The van der Waals surface area contributed by atoms with Gasteiger partial charge < -0.3 is 39.8 Å². The first-order chi connectivity index (χ1) is 25.8. The molecule has 0 saturated carbocycles. The van der Waals surface area contributed by atoms with Crippen molar-refractivity contribution in [2.24, 2.45) is 0 Å². The number of halogens is 4. The maximum Gasteiger partial charge on any atom is 0.407 e. The molecular formula is C38H38Cl4N2O10. The molecule has 0 aliphatic rings. The van der Waals surface area contributed by atoms with Crippen molar-refractivity contribution in [2.45, 2.75) is 52.0 Å². The number of rotatable bonds is 14. The zero-order valence-corrected chi connectivity index (χ0v) is 32.2. The lowest BCUT2D eigenvalue weighted by molar-refractivity contribution is -0.144. The van der Waals surface area contributed by atoms with E-state index in [1.807, 2.05) is 60.7 Å². The highest BCUT2D eigenvalue weighted by Crippen LogP contribution is 2.37. The summed E-state index contributed by atoms with van der Waals surface area (Å²) in [5, 5.41) is 26.1. The van der Waals surface area contributed by atoms with Crippen LogP contribution in [0.25, 0.3) is 0 Å². The van der Waals surface area contributed by atoms with Crippen LogP contribution in [0.3, 0.4) is 0 Å². The number of alkyl carbamates (subject to hydrolysis) is 2. The Morgan fingerprint density at radius 3 is 1.26 bits per heavy atom. The van der Waals surface area contributed by atoms with Gasteiger partial charge in [-0.25, -0.2) is 9.59 Å². The van der Waals surface area contributed by atoms with Gasteiger partial charge in [0.2, 0.25) is 0 Å². The molecule has 288 valence electrons. The Bertz CT molecular complexity index is 1730. The van der Waals surface area contributed by atoms with Crippen LogP contribution in [0.5, 0.6) is 11.5 Å². The third-order valence-electron chi connectivity index (χ3n) is 7.23. The molecule has 0 radical (unpaired) electrons. The molecule has 2 amide bonds. The highest BCUT2D eigenvalue weighted by Gasteiger charge is 2.26. The van der Waals surface area contributed by atoms with Gasteiger partial charge in [0, 0.05) is 21.2 Å². The Hall–Kier alpha value is -4.88. The molecule has 0 bridgehead atoms. The maximum absolute atomic E-state index is 12.2. The van der Waals surface area contributed by atoms with E-state index in [2.05, 4.69) is 10.6 Å². The first-order valence-electron chi connectivity index (χ1n) is 16.4. The van der Waals surface area contributed by atoms with Gasteiger partial charge in [0.05, 0.1) is 48.2 Å². The number of benzene rings is 4. The van der Waals surface area contributed by atoms with Gasteiger partial charge in [0.15, 0.2) is 0 Å². The lowest BCUT2D eigenvalue weighted by Crippen LogP contribution is -2.31. The second-order valence-corrected chi connectivity index (χ2v) is 12.9. The largest absolute Gasteiger partial charge is 0.506 e. The van der Waals surface area contributed by atoms with Crippen molar-refractivity contribution >= 4 is 70.5 Å². The van der Waals surface area contributed by atoms with Crippen LogP contribution in [-0.2, 0) is 41.8 Å². The minimum atomic E-state index is -0.927. The summed E-state index contributed by atoms with van der Waals surface area (Å²) in [6.45, 7) is 3.82. The van der Waals surface area contributed by atoms with E-state index in [-0.39, 0.29) is 82.0 Å². The minimum Gasteiger partial charge on any atom is -0.506 e. The molecule has 0 saturated heterocycles. The quantitative estimate of drug-likeness (QED) is 0.0710. The Morgan fingerprint density at radius 2 is 0.926 bits per heavy atom. The van der Waals surface area contributed by atoms with Gasteiger partial charge in [-0.2, -0.15) is 0 Å². The van der Waals surface area contributed by atoms with Crippen molar-refractivity contribution in [3.63, 3.8) is 0 Å². The molecule has 0 spiro atoms. The molecule has 4 aromatic carbocycles. The Kier molecular flexibility index (Phi) is 18.0. The van der Waals surface area contributed by atoms with E-state index in [1.165, 1.54) is 24.3 Å². The lowest BCUT2D eigenvalue weighted by Gasteiger charge is -2.20. The zero-order chi connectivity index (χ0) is 39.6. The van der Waals surface area contributed by atoms with Crippen LogP contribution in [0.4, 0.5) is 9.59 Å². The van der Waals surface area contributed by atoms with E-state index in [1.54, 1.807) is 13.8 Å². The topological polar surface area (TPSA) is 170 Å². The fourth-order valence-electron chi connectivity index (χ4n) is 4.77. The molecule has 2 atom stereocenters. The summed E-state index contributed by atoms with van der Waals surface area (Å²) >= 11 is 23.9. The minimum absolute atomic E-state index is 0.00538. The number of hydrogen-bond donors (Lipinski definition) is 4. The number of ether oxygens (including phenoxy) is 4. The summed E-state index contributed by atoms with van der Waals surface area (Å²) in [7, 11) is 0. The SMILES string of the molecule is CCOC(=O)CC(NC(=O)OCc1ccccc1)c1cc(Cl)cc(Cl)c1O.CCOC(=O)CC(NC(=O)OCc1ccccc1)c1cc(Cl)cc(Cl)c1O. The number of carbonyl (C=O) groups excluding carboxylic acids is 4. The summed E-state index contributed by atoms with van der Waals surface area (Å²) in [6, 6.07) is 22.0. The van der Waals surface area contributed by atoms with Crippen molar-refractivity contribution in [3.05, 3.63) is 127 Å². The van der Waals surface area contributed by atoms with Gasteiger partial charge in [-0.05, 0) is 49.2 Å². The molecule has 2 unspecified atom stereocenters. The zero-order valence-electron chi connectivity index (χ0n) is 29.2. The van der Waals surface area contributed by atoms with Crippen molar-refractivity contribution in [1.29, 1.82) is 0 Å². The number of hydrogen-bond acceptors (Lipinski definition) is 10. The molecule has 4 rings (SSSR count). The predicted octanol–water partition coefficient (Wildman–Crippen LogP) is 9.24. The predicted molar refractivity (Wildman–Crippen MR) is 204 cm³/mol. The Morgan fingerprint density at radius 1 is 0.574 bits per heavy atom. The number of nitrogens with one attached hydrogen (secondary N) is 2. The van der Waals surface area contributed by atoms with E-state index in [4.69, 9.17) is 65.4 Å². The molecule has 0 fully saturated rings. The summed E-state index contributed by atoms with van der Waals surface area (Å²) in [4.78, 5) is 48.2. The second-order valence-electron chi connectivity index (χ2n) is 11.2. The van der Waals surface area contributed by atoms with Gasteiger partial charge in [0.25, 0.3) is 0 Å². The molecular weight excluding hydrogens is 786 g/mol. The normalized spacial score (nSPS) is 11.5. The monoisotopic (exact) mass is 822 g/mol. The first-order valence-corrected chi connectivity index (χ1v) is 17.9. The standard InChI is InChI=1S/2C19H19Cl2NO5/c2*1-2-26-17(23)10-16(14-8-13(20)9-15(21)18(14)24)22-19(25)27-11-12-6-4-3-5-7-12/h2*3-9,16,24H,2,10-11H2,1H3,(H,22,25). The first kappa shape index (κ1) is 43.5. The number of amides is 2. The molecule has 0 aliphatic carbocycles. The lowest BCUT2D eigenvalue weighted by atomic mass is 10.0. The van der Waals surface area contributed by atoms with Crippen LogP contribution in [0.1, 0.15) is 61.0 Å². The van der Waals surface area contributed by atoms with Gasteiger partial charge in [0.1, 0.15) is 24.7 Å². The maximum atomic E-state index is 12.2. The van der Waals surface area contributed by atoms with Crippen LogP contribution in [-0.4, -0.2) is 47.6 Å². The molecule has 4 N–H and O–H groups in total. The van der Waals surface area contributed by atoms with Gasteiger partial charge >= 0.3 is 24.1 Å². The molecule has 0 aromatic heterocycles. The smallest absolute Gasteiger partial charge is 0.407 e. The van der Waals surface area contributed by atoms with Crippen LogP contribution in [0.15, 0.2) is 84.9 Å². The molecule has 4 aromatic rings. The van der Waals surface area contributed by atoms with Crippen LogP contribution in [0.2, 0.25) is 20.1 Å². The molecule has 0 aliphatic heterocycles. The summed E-state index contributed by atoms with van der Waals surface area (Å²) in [5.74, 6) is -1.67.